The maximum Gasteiger partial charge on any atom is 0.233 e. The number of imide groups is 1. The number of carbonyl (C=O) groups excluding carboxylic acids is 3. The predicted octanol–water partition coefficient (Wildman–Crippen LogP) is 3.44. The Morgan fingerprint density at radius 1 is 1.11 bits per heavy atom. The highest BCUT2D eigenvalue weighted by Crippen LogP contribution is 2.38. The predicted molar refractivity (Wildman–Crippen MR) is 104 cm³/mol. The molecule has 148 valence electrons. The molecule has 0 N–H and O–H groups in total. The number of likely N-dealkylation sites (tertiary alicyclic amines) is 1. The van der Waals surface area contributed by atoms with Crippen molar-refractivity contribution in [1.82, 2.24) is 9.80 Å². The first-order chi connectivity index (χ1) is 13.6. The number of furan rings is 1. The van der Waals surface area contributed by atoms with Crippen molar-refractivity contribution in [3.8, 4) is 0 Å². The molecule has 1 saturated carbocycles. The highest BCUT2D eigenvalue weighted by Gasteiger charge is 2.47. The van der Waals surface area contributed by atoms with Crippen molar-refractivity contribution < 1.29 is 18.8 Å². The highest BCUT2D eigenvalue weighted by molar-refractivity contribution is 7.09. The second-order valence-corrected chi connectivity index (χ2v) is 8.52. The van der Waals surface area contributed by atoms with Crippen molar-refractivity contribution in [1.29, 1.82) is 0 Å². The number of rotatable bonds is 7. The third-order valence-electron chi connectivity index (χ3n) is 5.69. The quantitative estimate of drug-likeness (QED) is 0.668. The van der Waals surface area contributed by atoms with E-state index in [9.17, 15) is 14.4 Å². The number of thiophene rings is 1. The van der Waals surface area contributed by atoms with Gasteiger partial charge in [0.25, 0.3) is 0 Å². The molecule has 2 aliphatic rings. The fraction of sp³-hybridized carbons (Fsp3) is 0.476. The van der Waals surface area contributed by atoms with Crippen LogP contribution in [0.1, 0.15) is 42.7 Å². The van der Waals surface area contributed by atoms with Crippen LogP contribution in [0, 0.1) is 11.8 Å². The molecule has 2 aromatic heterocycles. The van der Waals surface area contributed by atoms with Gasteiger partial charge in [0.15, 0.2) is 0 Å². The lowest BCUT2D eigenvalue weighted by molar-refractivity contribution is -0.141. The zero-order chi connectivity index (χ0) is 19.5. The molecule has 1 aliphatic heterocycles. The van der Waals surface area contributed by atoms with E-state index in [2.05, 4.69) is 0 Å². The molecular weight excluding hydrogens is 376 g/mol. The van der Waals surface area contributed by atoms with Gasteiger partial charge < -0.3 is 9.32 Å². The zero-order valence-corrected chi connectivity index (χ0v) is 16.5. The Morgan fingerprint density at radius 2 is 1.86 bits per heavy atom. The van der Waals surface area contributed by atoms with Gasteiger partial charge in [-0.15, -0.1) is 11.3 Å². The minimum absolute atomic E-state index is 0.0831. The molecular formula is C21H24N2O4S. The summed E-state index contributed by atoms with van der Waals surface area (Å²) in [7, 11) is 0. The van der Waals surface area contributed by atoms with Gasteiger partial charge >= 0.3 is 0 Å². The summed E-state index contributed by atoms with van der Waals surface area (Å²) in [5.41, 5.74) is 0. The molecule has 0 unspecified atom stereocenters. The summed E-state index contributed by atoms with van der Waals surface area (Å²) in [4.78, 5) is 42.3. The largest absolute Gasteiger partial charge is 0.467 e. The molecule has 0 aromatic carbocycles. The van der Waals surface area contributed by atoms with Crippen LogP contribution in [0.25, 0.3) is 0 Å². The van der Waals surface area contributed by atoms with Crippen molar-refractivity contribution >= 4 is 29.1 Å². The molecule has 4 rings (SSSR count). The van der Waals surface area contributed by atoms with E-state index in [1.807, 2.05) is 23.6 Å². The van der Waals surface area contributed by atoms with Gasteiger partial charge in [0.2, 0.25) is 17.7 Å². The van der Waals surface area contributed by atoms with Crippen molar-refractivity contribution in [2.45, 2.75) is 45.2 Å². The summed E-state index contributed by atoms with van der Waals surface area (Å²) in [5.74, 6) is 0.129. The Morgan fingerprint density at radius 3 is 2.46 bits per heavy atom. The Kier molecular flexibility index (Phi) is 5.62. The van der Waals surface area contributed by atoms with Gasteiger partial charge in [-0.25, -0.2) is 0 Å². The molecule has 0 radical (unpaired) electrons. The SMILES string of the molecule is O=C(CCN1C(=O)[C@@H]2CCCC[C@H]2C1=O)N(Cc1ccco1)Cc1cccs1. The number of hydrogen-bond donors (Lipinski definition) is 0. The minimum Gasteiger partial charge on any atom is -0.467 e. The molecule has 2 fully saturated rings. The van der Waals surface area contributed by atoms with Gasteiger partial charge in [-0.2, -0.15) is 0 Å². The lowest BCUT2D eigenvalue weighted by Gasteiger charge is -2.22. The van der Waals surface area contributed by atoms with E-state index >= 15 is 0 Å². The minimum atomic E-state index is -0.165. The second kappa shape index (κ2) is 8.31. The first-order valence-electron chi connectivity index (χ1n) is 9.81. The Balaban J connectivity index is 1.41. The van der Waals surface area contributed by atoms with Crippen LogP contribution >= 0.6 is 11.3 Å². The first-order valence-corrected chi connectivity index (χ1v) is 10.7. The van der Waals surface area contributed by atoms with Crippen LogP contribution in [-0.2, 0) is 27.5 Å². The summed E-state index contributed by atoms with van der Waals surface area (Å²) in [6.45, 7) is 1.03. The summed E-state index contributed by atoms with van der Waals surface area (Å²) >= 11 is 1.60. The number of amides is 3. The Bertz CT molecular complexity index is 770. The molecule has 2 atom stereocenters. The molecule has 0 spiro atoms. The second-order valence-electron chi connectivity index (χ2n) is 7.48. The lowest BCUT2D eigenvalue weighted by atomic mass is 9.81. The van der Waals surface area contributed by atoms with Crippen LogP contribution in [0.4, 0.5) is 0 Å². The van der Waals surface area contributed by atoms with Crippen LogP contribution in [0.3, 0.4) is 0 Å². The third kappa shape index (κ3) is 3.90. The fourth-order valence-electron chi connectivity index (χ4n) is 4.23. The monoisotopic (exact) mass is 400 g/mol. The van der Waals surface area contributed by atoms with Crippen molar-refractivity contribution in [3.63, 3.8) is 0 Å². The van der Waals surface area contributed by atoms with Gasteiger partial charge in [0, 0.05) is 17.8 Å². The third-order valence-corrected chi connectivity index (χ3v) is 6.55. The number of carbonyl (C=O) groups is 3. The van der Waals surface area contributed by atoms with E-state index < -0.39 is 0 Å². The molecule has 6 nitrogen and oxygen atoms in total. The normalized spacial score (nSPS) is 21.8. The lowest BCUT2D eigenvalue weighted by Crippen LogP contribution is -2.37. The smallest absolute Gasteiger partial charge is 0.233 e. The molecule has 2 aromatic rings. The average molecular weight is 401 g/mol. The fourth-order valence-corrected chi connectivity index (χ4v) is 4.95. The Labute approximate surface area is 168 Å². The number of hydrogen-bond acceptors (Lipinski definition) is 5. The van der Waals surface area contributed by atoms with Crippen molar-refractivity contribution in [2.24, 2.45) is 11.8 Å². The van der Waals surface area contributed by atoms with Gasteiger partial charge in [0.1, 0.15) is 5.76 Å². The first kappa shape index (κ1) is 18.9. The molecule has 7 heteroatoms. The molecule has 1 aliphatic carbocycles. The van der Waals surface area contributed by atoms with Crippen molar-refractivity contribution in [3.05, 3.63) is 46.5 Å². The molecule has 3 amide bonds. The molecule has 3 heterocycles. The van der Waals surface area contributed by atoms with Gasteiger partial charge in [-0.05, 0) is 36.4 Å². The van der Waals surface area contributed by atoms with E-state index in [1.165, 1.54) is 4.90 Å². The van der Waals surface area contributed by atoms with Gasteiger partial charge in [-0.3, -0.25) is 19.3 Å². The van der Waals surface area contributed by atoms with E-state index in [-0.39, 0.29) is 42.5 Å². The van der Waals surface area contributed by atoms with Crippen LogP contribution < -0.4 is 0 Å². The van der Waals surface area contributed by atoms with Crippen LogP contribution in [0.5, 0.6) is 0 Å². The van der Waals surface area contributed by atoms with Crippen molar-refractivity contribution in [2.75, 3.05) is 6.54 Å². The standard InChI is InChI=1S/C21H24N2O4S/c24-19(9-10-23-20(25)17-7-1-2-8-18(17)21(23)26)22(13-15-5-3-11-27-15)14-16-6-4-12-28-16/h3-6,11-12,17-18H,1-2,7-10,13-14H2/t17-,18-/m1/s1. The molecule has 1 saturated heterocycles. The van der Waals surface area contributed by atoms with Crippen LogP contribution in [-0.4, -0.2) is 34.1 Å². The van der Waals surface area contributed by atoms with Crippen LogP contribution in [0.15, 0.2) is 40.3 Å². The highest BCUT2D eigenvalue weighted by atomic mass is 32.1. The molecule has 0 bridgehead atoms. The Hall–Kier alpha value is -2.41. The molecule has 28 heavy (non-hydrogen) atoms. The van der Waals surface area contributed by atoms with E-state index in [4.69, 9.17) is 4.42 Å². The zero-order valence-electron chi connectivity index (χ0n) is 15.7. The van der Waals surface area contributed by atoms with E-state index in [1.54, 1.807) is 28.6 Å². The number of nitrogens with zero attached hydrogens (tertiary/aromatic N) is 2. The summed E-state index contributed by atoms with van der Waals surface area (Å²) in [6, 6.07) is 7.59. The summed E-state index contributed by atoms with van der Waals surface area (Å²) in [6.07, 6.45) is 5.33. The summed E-state index contributed by atoms with van der Waals surface area (Å²) in [5, 5.41) is 1.98. The maximum absolute atomic E-state index is 12.9. The topological polar surface area (TPSA) is 70.8 Å². The van der Waals surface area contributed by atoms with E-state index in [0.717, 1.165) is 30.6 Å². The van der Waals surface area contributed by atoms with Gasteiger partial charge in [-0.1, -0.05) is 18.9 Å². The number of fused-ring (bicyclic) bond motifs is 1. The maximum atomic E-state index is 12.9. The van der Waals surface area contributed by atoms with Gasteiger partial charge in [0.05, 0.1) is 31.2 Å². The van der Waals surface area contributed by atoms with E-state index in [0.29, 0.717) is 18.8 Å². The average Bonchev–Trinajstić information content (AvgIpc) is 3.44. The van der Waals surface area contributed by atoms with Crippen LogP contribution in [0.2, 0.25) is 0 Å². The summed E-state index contributed by atoms with van der Waals surface area (Å²) < 4.78 is 5.40.